The minimum Gasteiger partial charge on any atom is -0.481 e. The Hall–Kier alpha value is -2.37. The van der Waals surface area contributed by atoms with Gasteiger partial charge in [0.05, 0.1) is 12.3 Å². The maximum atomic E-state index is 12.4. The van der Waals surface area contributed by atoms with Crippen molar-refractivity contribution in [1.29, 1.82) is 0 Å². The first-order valence-electron chi connectivity index (χ1n) is 13.6. The Morgan fingerprint density at radius 1 is 0.789 bits per heavy atom. The first kappa shape index (κ1) is 35.6. The summed E-state index contributed by atoms with van der Waals surface area (Å²) in [6, 6.07) is 0. The van der Waals surface area contributed by atoms with Crippen molar-refractivity contribution in [3.05, 3.63) is 36.5 Å². The molecule has 6 heteroatoms. The van der Waals surface area contributed by atoms with Gasteiger partial charge in [-0.25, -0.2) is 4.79 Å². The number of carbonyl (C=O) groups excluding carboxylic acids is 2. The number of hydrogen-bond donors (Lipinski definition) is 1. The van der Waals surface area contributed by atoms with Crippen LogP contribution in [0.15, 0.2) is 36.5 Å². The van der Waals surface area contributed by atoms with Crippen molar-refractivity contribution < 1.29 is 29.0 Å². The van der Waals surface area contributed by atoms with Crippen molar-refractivity contribution >= 4 is 17.9 Å². The summed E-state index contributed by atoms with van der Waals surface area (Å²) < 4.78 is 10.1. The van der Waals surface area contributed by atoms with Gasteiger partial charge in [-0.15, -0.1) is 0 Å². The highest BCUT2D eigenvalue weighted by Gasteiger charge is 2.38. The van der Waals surface area contributed by atoms with E-state index in [9.17, 15) is 19.5 Å². The summed E-state index contributed by atoms with van der Waals surface area (Å²) in [6.07, 6.45) is 11.1. The van der Waals surface area contributed by atoms with E-state index < -0.39 is 23.8 Å². The van der Waals surface area contributed by atoms with Gasteiger partial charge >= 0.3 is 17.9 Å². The van der Waals surface area contributed by atoms with E-state index >= 15 is 0 Å². The van der Waals surface area contributed by atoms with E-state index in [0.29, 0.717) is 0 Å². The van der Waals surface area contributed by atoms with Crippen molar-refractivity contribution in [2.24, 2.45) is 33.5 Å². The van der Waals surface area contributed by atoms with Crippen LogP contribution in [0.4, 0.5) is 0 Å². The number of carboxylic acids is 1. The lowest BCUT2D eigenvalue weighted by molar-refractivity contribution is -0.156. The number of aliphatic carboxylic acids is 1. The molecule has 218 valence electrons. The van der Waals surface area contributed by atoms with Gasteiger partial charge < -0.3 is 14.6 Å². The molecule has 0 aromatic rings. The molecule has 0 saturated carbocycles. The Bertz CT molecular complexity index is 861. The number of esters is 2. The molecule has 0 rings (SSSR count). The van der Waals surface area contributed by atoms with Gasteiger partial charge in [-0.05, 0) is 53.8 Å². The lowest BCUT2D eigenvalue weighted by Crippen LogP contribution is -2.34. The third-order valence-corrected chi connectivity index (χ3v) is 7.39. The van der Waals surface area contributed by atoms with Crippen LogP contribution in [0.5, 0.6) is 0 Å². The summed E-state index contributed by atoms with van der Waals surface area (Å²) in [4.78, 5) is 36.1. The maximum Gasteiger partial charge on any atom is 0.333 e. The third-order valence-electron chi connectivity index (χ3n) is 7.39. The van der Waals surface area contributed by atoms with Crippen molar-refractivity contribution in [2.75, 3.05) is 13.2 Å². The van der Waals surface area contributed by atoms with Gasteiger partial charge in [0.15, 0.2) is 0 Å². The van der Waals surface area contributed by atoms with Gasteiger partial charge in [0.2, 0.25) is 0 Å². The lowest BCUT2D eigenvalue weighted by Gasteiger charge is -2.41. The maximum absolute atomic E-state index is 12.4. The summed E-state index contributed by atoms with van der Waals surface area (Å²) in [6.45, 7) is 26.4. The second-order valence-corrected chi connectivity index (χ2v) is 14.0. The standard InChI is InChI=1S/C32H54O6/c1-23(2)28(36)38-21-20-37-26(33)22-24(27(34)35)25(30(6,7)8)16-15-19-32(11,12)31(9,10)18-14-13-17-29(3,4)5/h13-16,24-25H,1,17-22H2,2-12H3,(H,34,35)/b14-13-,16-15?. The molecule has 0 fully saturated rings. The second-order valence-electron chi connectivity index (χ2n) is 14.0. The minimum atomic E-state index is -1.04. The highest BCUT2D eigenvalue weighted by molar-refractivity contribution is 5.86. The molecule has 0 saturated heterocycles. The number of rotatable bonds is 15. The smallest absolute Gasteiger partial charge is 0.333 e. The van der Waals surface area contributed by atoms with E-state index in [4.69, 9.17) is 9.47 Å². The first-order valence-corrected chi connectivity index (χ1v) is 13.6. The van der Waals surface area contributed by atoms with Crippen molar-refractivity contribution in [3.8, 4) is 0 Å². The van der Waals surface area contributed by atoms with Gasteiger partial charge in [-0.1, -0.05) is 100 Å². The molecular formula is C32H54O6. The van der Waals surface area contributed by atoms with Gasteiger partial charge in [0, 0.05) is 5.57 Å². The van der Waals surface area contributed by atoms with Crippen LogP contribution in [-0.4, -0.2) is 36.2 Å². The van der Waals surface area contributed by atoms with E-state index in [1.165, 1.54) is 6.92 Å². The normalized spacial score (nSPS) is 14.9. The molecule has 0 radical (unpaired) electrons. The lowest BCUT2D eigenvalue weighted by atomic mass is 9.64. The van der Waals surface area contributed by atoms with Crippen LogP contribution in [0.3, 0.4) is 0 Å². The molecular weight excluding hydrogens is 480 g/mol. The molecule has 0 amide bonds. The first-order chi connectivity index (χ1) is 17.1. The molecule has 1 N–H and O–H groups in total. The number of carbonyl (C=O) groups is 3. The zero-order valence-electron chi connectivity index (χ0n) is 25.9. The molecule has 0 aliphatic heterocycles. The molecule has 2 atom stereocenters. The molecule has 0 aromatic heterocycles. The highest BCUT2D eigenvalue weighted by Crippen LogP contribution is 2.45. The highest BCUT2D eigenvalue weighted by atomic mass is 16.6. The van der Waals surface area contributed by atoms with Crippen LogP contribution in [0.25, 0.3) is 0 Å². The van der Waals surface area contributed by atoms with Gasteiger partial charge in [-0.2, -0.15) is 0 Å². The third kappa shape index (κ3) is 13.4. The Labute approximate surface area is 231 Å². The Balaban J connectivity index is 5.38. The molecule has 0 aromatic carbocycles. The van der Waals surface area contributed by atoms with E-state index in [2.05, 4.69) is 73.3 Å². The number of carboxylic acid groups (broad SMARTS) is 1. The van der Waals surface area contributed by atoms with E-state index in [0.717, 1.165) is 19.3 Å². The number of allylic oxidation sites excluding steroid dienone is 4. The molecule has 0 spiro atoms. The van der Waals surface area contributed by atoms with Crippen LogP contribution >= 0.6 is 0 Å². The SMILES string of the molecule is C=C(C)C(=O)OCCOC(=O)CC(C(=O)O)C(C=CCC(C)(C)C(C)(C)C/C=C\CC(C)(C)C)C(C)(C)C. The van der Waals surface area contributed by atoms with Crippen LogP contribution in [0, 0.1) is 33.5 Å². The number of hydrogen-bond acceptors (Lipinski definition) is 5. The molecule has 0 aliphatic carbocycles. The molecule has 0 heterocycles. The van der Waals surface area contributed by atoms with Crippen molar-refractivity contribution in [2.45, 2.75) is 102 Å². The Morgan fingerprint density at radius 3 is 1.71 bits per heavy atom. The van der Waals surface area contributed by atoms with E-state index in [1.54, 1.807) is 0 Å². The Kier molecular flexibility index (Phi) is 13.8. The topological polar surface area (TPSA) is 89.9 Å². The monoisotopic (exact) mass is 534 g/mol. The van der Waals surface area contributed by atoms with E-state index in [1.807, 2.05) is 26.8 Å². The summed E-state index contributed by atoms with van der Waals surface area (Å²) in [7, 11) is 0. The fraction of sp³-hybridized carbons (Fsp3) is 0.719. The second kappa shape index (κ2) is 14.7. The van der Waals surface area contributed by atoms with E-state index in [-0.39, 0.29) is 52.8 Å². The van der Waals surface area contributed by atoms with Gasteiger partial charge in [0.1, 0.15) is 13.2 Å². The van der Waals surface area contributed by atoms with Crippen LogP contribution in [-0.2, 0) is 23.9 Å². The summed E-state index contributed by atoms with van der Waals surface area (Å²) in [5, 5.41) is 10.00. The molecule has 0 aliphatic rings. The fourth-order valence-corrected chi connectivity index (χ4v) is 3.92. The minimum absolute atomic E-state index is 0.0309. The van der Waals surface area contributed by atoms with Crippen LogP contribution < -0.4 is 0 Å². The average Bonchev–Trinajstić information content (AvgIpc) is 2.74. The van der Waals surface area contributed by atoms with Crippen molar-refractivity contribution in [1.82, 2.24) is 0 Å². The molecule has 38 heavy (non-hydrogen) atoms. The average molecular weight is 535 g/mol. The number of ether oxygens (including phenoxy) is 2. The Morgan fingerprint density at radius 2 is 1.26 bits per heavy atom. The van der Waals surface area contributed by atoms with Crippen LogP contribution in [0.1, 0.15) is 102 Å². The molecule has 2 unspecified atom stereocenters. The zero-order valence-corrected chi connectivity index (χ0v) is 25.9. The van der Waals surface area contributed by atoms with Gasteiger partial charge in [-0.3, -0.25) is 9.59 Å². The summed E-state index contributed by atoms with van der Waals surface area (Å²) in [5.74, 6) is -3.54. The quantitative estimate of drug-likeness (QED) is 0.0998. The van der Waals surface area contributed by atoms with Crippen molar-refractivity contribution in [3.63, 3.8) is 0 Å². The van der Waals surface area contributed by atoms with Gasteiger partial charge in [0.25, 0.3) is 0 Å². The largest absolute Gasteiger partial charge is 0.481 e. The van der Waals surface area contributed by atoms with Crippen LogP contribution in [0.2, 0.25) is 0 Å². The predicted octanol–water partition coefficient (Wildman–Crippen LogP) is 7.78. The fourth-order valence-electron chi connectivity index (χ4n) is 3.92. The molecule has 0 bridgehead atoms. The summed E-state index contributed by atoms with van der Waals surface area (Å²) >= 11 is 0. The molecule has 6 nitrogen and oxygen atoms in total. The summed E-state index contributed by atoms with van der Waals surface area (Å²) in [5.41, 5.74) is 0.145. The zero-order chi connectivity index (χ0) is 29.9. The predicted molar refractivity (Wildman–Crippen MR) is 155 cm³/mol.